The smallest absolute Gasteiger partial charge is 0.251 e. The second-order valence-electron chi connectivity index (χ2n) is 6.94. The van der Waals surface area contributed by atoms with Gasteiger partial charge < -0.3 is 4.98 Å². The molecule has 2 aromatic heterocycles. The predicted molar refractivity (Wildman–Crippen MR) is 102 cm³/mol. The third-order valence-corrected chi connectivity index (χ3v) is 5.02. The molecule has 0 aliphatic carbocycles. The minimum Gasteiger partial charge on any atom is -0.306 e. The molecular weight excluding hydrogens is 343 g/mol. The average Bonchev–Trinajstić information content (AvgIpc) is 2.70. The maximum absolute atomic E-state index is 13.0. The number of nitrogens with zero attached hydrogens (tertiary/aromatic N) is 3. The van der Waals surface area contributed by atoms with Crippen molar-refractivity contribution in [1.82, 2.24) is 19.9 Å². The summed E-state index contributed by atoms with van der Waals surface area (Å²) >= 11 is 0. The lowest BCUT2D eigenvalue weighted by molar-refractivity contribution is 0.203. The molecule has 6 heteroatoms. The van der Waals surface area contributed by atoms with Gasteiger partial charge in [0.15, 0.2) is 0 Å². The Kier molecular flexibility index (Phi) is 5.07. The van der Waals surface area contributed by atoms with Gasteiger partial charge in [-0.2, -0.15) is 0 Å². The van der Waals surface area contributed by atoms with Gasteiger partial charge in [-0.1, -0.05) is 12.1 Å². The Morgan fingerprint density at radius 3 is 2.63 bits per heavy atom. The molecule has 0 amide bonds. The van der Waals surface area contributed by atoms with Crippen LogP contribution in [-0.2, 0) is 6.54 Å². The van der Waals surface area contributed by atoms with Crippen molar-refractivity contribution in [2.24, 2.45) is 0 Å². The molecular formula is C21H21FN4O. The Hall–Kier alpha value is -2.86. The van der Waals surface area contributed by atoms with Crippen LogP contribution in [0.25, 0.3) is 11.4 Å². The molecule has 0 atom stereocenters. The number of piperidine rings is 1. The molecule has 5 nitrogen and oxygen atoms in total. The number of rotatable bonds is 4. The molecule has 1 aromatic carbocycles. The Balaban J connectivity index is 1.44. The van der Waals surface area contributed by atoms with Gasteiger partial charge in [0.1, 0.15) is 11.6 Å². The lowest BCUT2D eigenvalue weighted by Crippen LogP contribution is -2.33. The first-order valence-corrected chi connectivity index (χ1v) is 9.16. The van der Waals surface area contributed by atoms with Crippen molar-refractivity contribution in [2.75, 3.05) is 13.1 Å². The fraction of sp³-hybridized carbons (Fsp3) is 0.286. The summed E-state index contributed by atoms with van der Waals surface area (Å²) in [6.07, 6.45) is 5.30. The number of H-pyrrole nitrogens is 1. The van der Waals surface area contributed by atoms with Crippen LogP contribution in [0.2, 0.25) is 0 Å². The van der Waals surface area contributed by atoms with Crippen LogP contribution in [-0.4, -0.2) is 32.9 Å². The van der Waals surface area contributed by atoms with Crippen molar-refractivity contribution >= 4 is 0 Å². The third kappa shape index (κ3) is 4.28. The first-order chi connectivity index (χ1) is 13.2. The van der Waals surface area contributed by atoms with Gasteiger partial charge in [-0.25, -0.2) is 9.37 Å². The summed E-state index contributed by atoms with van der Waals surface area (Å²) in [6, 6.07) is 12.0. The van der Waals surface area contributed by atoms with Crippen LogP contribution in [0.1, 0.15) is 30.0 Å². The van der Waals surface area contributed by atoms with Gasteiger partial charge in [0.25, 0.3) is 5.56 Å². The second-order valence-corrected chi connectivity index (χ2v) is 6.94. The molecule has 0 bridgehead atoms. The highest BCUT2D eigenvalue weighted by Crippen LogP contribution is 2.27. The lowest BCUT2D eigenvalue weighted by atomic mass is 9.93. The van der Waals surface area contributed by atoms with Crippen LogP contribution in [0, 0.1) is 5.82 Å². The molecule has 1 fully saturated rings. The molecule has 0 saturated carbocycles. The number of halogens is 1. The average molecular weight is 364 g/mol. The molecule has 3 heterocycles. The fourth-order valence-corrected chi connectivity index (χ4v) is 3.56. The Bertz CT molecular complexity index is 948. The molecule has 138 valence electrons. The van der Waals surface area contributed by atoms with Crippen molar-refractivity contribution < 1.29 is 4.39 Å². The number of aromatic amines is 1. The Labute approximate surface area is 156 Å². The molecule has 1 saturated heterocycles. The maximum Gasteiger partial charge on any atom is 0.251 e. The van der Waals surface area contributed by atoms with Crippen molar-refractivity contribution in [1.29, 1.82) is 0 Å². The summed E-state index contributed by atoms with van der Waals surface area (Å²) < 4.78 is 13.0. The third-order valence-electron chi connectivity index (χ3n) is 5.02. The minimum absolute atomic E-state index is 0.132. The summed E-state index contributed by atoms with van der Waals surface area (Å²) in [7, 11) is 0. The normalized spacial score (nSPS) is 15.7. The quantitative estimate of drug-likeness (QED) is 0.771. The SMILES string of the molecule is O=c1cc(C2CCN(Cc3ccc(F)cc3)CC2)nc(-c2cccnc2)[nH]1. The standard InChI is InChI=1S/C21H21FN4O/c22-18-5-3-15(4-6-18)14-26-10-7-16(8-11-26)19-12-20(27)25-21(24-19)17-2-1-9-23-13-17/h1-6,9,12-13,16H,7-8,10-11,14H2,(H,24,25,27). The van der Waals surface area contributed by atoms with E-state index in [-0.39, 0.29) is 17.3 Å². The summed E-state index contributed by atoms with van der Waals surface area (Å²) in [5.74, 6) is 0.633. The first kappa shape index (κ1) is 17.5. The van der Waals surface area contributed by atoms with Crippen LogP contribution < -0.4 is 5.56 Å². The van der Waals surface area contributed by atoms with Crippen LogP contribution in [0.15, 0.2) is 59.7 Å². The van der Waals surface area contributed by atoms with Crippen molar-refractivity contribution in [3.63, 3.8) is 0 Å². The van der Waals surface area contributed by atoms with Crippen molar-refractivity contribution in [3.05, 3.63) is 82.3 Å². The van der Waals surface area contributed by atoms with E-state index in [0.717, 1.165) is 49.3 Å². The zero-order valence-electron chi connectivity index (χ0n) is 14.9. The number of nitrogens with one attached hydrogen (secondary N) is 1. The summed E-state index contributed by atoms with van der Waals surface area (Å²) in [4.78, 5) is 26.1. The molecule has 1 aliphatic heterocycles. The van der Waals surface area contributed by atoms with Gasteiger partial charge in [-0.15, -0.1) is 0 Å². The van der Waals surface area contributed by atoms with E-state index in [1.807, 2.05) is 24.3 Å². The molecule has 27 heavy (non-hydrogen) atoms. The maximum atomic E-state index is 13.0. The van der Waals surface area contributed by atoms with Gasteiger partial charge in [-0.05, 0) is 55.8 Å². The molecule has 0 radical (unpaired) electrons. The zero-order valence-corrected chi connectivity index (χ0v) is 14.9. The summed E-state index contributed by atoms with van der Waals surface area (Å²) in [6.45, 7) is 2.67. The Morgan fingerprint density at radius 2 is 1.93 bits per heavy atom. The summed E-state index contributed by atoms with van der Waals surface area (Å²) in [5, 5.41) is 0. The van der Waals surface area contributed by atoms with Crippen LogP contribution in [0.4, 0.5) is 4.39 Å². The van der Waals surface area contributed by atoms with E-state index < -0.39 is 0 Å². The Morgan fingerprint density at radius 1 is 1.15 bits per heavy atom. The van der Waals surface area contributed by atoms with E-state index in [1.165, 1.54) is 12.1 Å². The molecule has 3 aromatic rings. The minimum atomic E-state index is -0.206. The molecule has 0 spiro atoms. The van der Waals surface area contributed by atoms with E-state index in [0.29, 0.717) is 5.82 Å². The van der Waals surface area contributed by atoms with Crippen LogP contribution >= 0.6 is 0 Å². The zero-order chi connectivity index (χ0) is 18.6. The van der Waals surface area contributed by atoms with Gasteiger partial charge >= 0.3 is 0 Å². The van der Waals surface area contributed by atoms with E-state index >= 15 is 0 Å². The number of hydrogen-bond acceptors (Lipinski definition) is 4. The number of likely N-dealkylation sites (tertiary alicyclic amines) is 1. The number of hydrogen-bond donors (Lipinski definition) is 1. The molecule has 1 aliphatic rings. The van der Waals surface area contributed by atoms with Crippen LogP contribution in [0.3, 0.4) is 0 Å². The highest BCUT2D eigenvalue weighted by Gasteiger charge is 2.22. The van der Waals surface area contributed by atoms with E-state index in [1.54, 1.807) is 18.5 Å². The van der Waals surface area contributed by atoms with E-state index in [2.05, 4.69) is 14.9 Å². The van der Waals surface area contributed by atoms with Crippen molar-refractivity contribution in [2.45, 2.75) is 25.3 Å². The van der Waals surface area contributed by atoms with Gasteiger partial charge in [0, 0.05) is 36.5 Å². The van der Waals surface area contributed by atoms with Gasteiger partial charge in [-0.3, -0.25) is 14.7 Å². The van der Waals surface area contributed by atoms with Gasteiger partial charge in [0.2, 0.25) is 0 Å². The van der Waals surface area contributed by atoms with E-state index in [4.69, 9.17) is 4.98 Å². The van der Waals surface area contributed by atoms with Gasteiger partial charge in [0.05, 0.1) is 5.69 Å². The molecule has 1 N–H and O–H groups in total. The topological polar surface area (TPSA) is 61.9 Å². The number of aromatic nitrogens is 3. The number of benzene rings is 1. The molecule has 0 unspecified atom stereocenters. The second kappa shape index (κ2) is 7.80. The molecule has 4 rings (SSSR count). The largest absolute Gasteiger partial charge is 0.306 e. The monoisotopic (exact) mass is 364 g/mol. The lowest BCUT2D eigenvalue weighted by Gasteiger charge is -2.31. The van der Waals surface area contributed by atoms with Crippen LogP contribution in [0.5, 0.6) is 0 Å². The highest BCUT2D eigenvalue weighted by molar-refractivity contribution is 5.52. The fourth-order valence-electron chi connectivity index (χ4n) is 3.56. The van der Waals surface area contributed by atoms with E-state index in [9.17, 15) is 9.18 Å². The highest BCUT2D eigenvalue weighted by atomic mass is 19.1. The predicted octanol–water partition coefficient (Wildman–Crippen LogP) is 3.35. The first-order valence-electron chi connectivity index (χ1n) is 9.16. The summed E-state index contributed by atoms with van der Waals surface area (Å²) in [5.41, 5.74) is 2.64. The number of pyridine rings is 1. The van der Waals surface area contributed by atoms with Crippen molar-refractivity contribution in [3.8, 4) is 11.4 Å².